The normalized spacial score (nSPS) is 14.4. The first kappa shape index (κ1) is 20.7. The van der Waals surface area contributed by atoms with Crippen molar-refractivity contribution < 1.29 is 14.3 Å². The number of piperazine rings is 1. The maximum Gasteiger partial charge on any atom is 0.330 e. The maximum atomic E-state index is 12.4. The molecule has 2 aromatic carbocycles. The van der Waals surface area contributed by atoms with Crippen molar-refractivity contribution in [2.45, 2.75) is 13.1 Å². The number of nitrogens with zero attached hydrogens (tertiary/aromatic N) is 6. The van der Waals surface area contributed by atoms with E-state index >= 15 is 0 Å². The van der Waals surface area contributed by atoms with Gasteiger partial charge in [-0.3, -0.25) is 9.69 Å². The number of aromatic nitrogens is 4. The molecule has 0 unspecified atom stereocenters. The van der Waals surface area contributed by atoms with Crippen LogP contribution in [0.25, 0.3) is 11.4 Å². The number of hydrogen-bond donors (Lipinski definition) is 0. The van der Waals surface area contributed by atoms with E-state index in [1.54, 1.807) is 4.90 Å². The molecule has 9 nitrogen and oxygen atoms in total. The van der Waals surface area contributed by atoms with Crippen LogP contribution in [-0.4, -0.2) is 74.7 Å². The van der Waals surface area contributed by atoms with Crippen LogP contribution in [0.5, 0.6) is 0 Å². The lowest BCUT2D eigenvalue weighted by molar-refractivity contribution is -0.153. The second kappa shape index (κ2) is 9.94. The molecule has 0 atom stereocenters. The van der Waals surface area contributed by atoms with Gasteiger partial charge in [0.2, 0.25) is 5.82 Å². The van der Waals surface area contributed by atoms with Gasteiger partial charge in [-0.25, -0.2) is 4.79 Å². The third kappa shape index (κ3) is 5.73. The Labute approximate surface area is 180 Å². The topological polar surface area (TPSA) is 93.4 Å². The van der Waals surface area contributed by atoms with Crippen LogP contribution in [-0.2, 0) is 27.4 Å². The summed E-state index contributed by atoms with van der Waals surface area (Å²) in [5, 5.41) is 12.0. The molecule has 31 heavy (non-hydrogen) atoms. The minimum atomic E-state index is -0.576. The number of benzene rings is 2. The quantitative estimate of drug-likeness (QED) is 0.531. The van der Waals surface area contributed by atoms with Crippen LogP contribution in [0.1, 0.15) is 5.56 Å². The zero-order valence-corrected chi connectivity index (χ0v) is 17.1. The molecule has 2 heterocycles. The summed E-state index contributed by atoms with van der Waals surface area (Å²) in [5.41, 5.74) is 2.07. The van der Waals surface area contributed by atoms with E-state index in [1.165, 1.54) is 5.56 Å². The standard InChI is InChI=1S/C22H24N6O3/c29-20(27-13-11-26(12-14-27)15-18-7-3-1-4-8-18)17-31-21(30)16-28-24-22(23-25-28)19-9-5-2-6-10-19/h1-10H,11-17H2. The molecule has 0 bridgehead atoms. The average Bonchev–Trinajstić information content (AvgIpc) is 3.28. The highest BCUT2D eigenvalue weighted by Crippen LogP contribution is 2.12. The first-order chi connectivity index (χ1) is 15.2. The molecule has 1 saturated heterocycles. The summed E-state index contributed by atoms with van der Waals surface area (Å²) in [4.78, 5) is 29.7. The van der Waals surface area contributed by atoms with E-state index < -0.39 is 5.97 Å². The molecule has 160 valence electrons. The molecule has 0 saturated carbocycles. The summed E-state index contributed by atoms with van der Waals surface area (Å²) in [6.07, 6.45) is 0. The summed E-state index contributed by atoms with van der Waals surface area (Å²) < 4.78 is 5.13. The predicted molar refractivity (Wildman–Crippen MR) is 113 cm³/mol. The number of rotatable bonds is 7. The number of carbonyl (C=O) groups excluding carboxylic acids is 2. The SMILES string of the molecule is O=C(Cn1nnc(-c2ccccc2)n1)OCC(=O)N1CCN(Cc2ccccc2)CC1. The van der Waals surface area contributed by atoms with Crippen molar-refractivity contribution in [3.05, 3.63) is 66.2 Å². The monoisotopic (exact) mass is 420 g/mol. The number of hydrogen-bond acceptors (Lipinski definition) is 7. The molecule has 1 aliphatic rings. The fourth-order valence-corrected chi connectivity index (χ4v) is 3.40. The summed E-state index contributed by atoms with van der Waals surface area (Å²) >= 11 is 0. The van der Waals surface area contributed by atoms with E-state index in [2.05, 4.69) is 32.4 Å². The molecular weight excluding hydrogens is 396 g/mol. The second-order valence-electron chi connectivity index (χ2n) is 7.31. The van der Waals surface area contributed by atoms with Gasteiger partial charge in [0.05, 0.1) is 0 Å². The van der Waals surface area contributed by atoms with Crippen LogP contribution >= 0.6 is 0 Å². The Balaban J connectivity index is 1.19. The van der Waals surface area contributed by atoms with E-state index in [0.29, 0.717) is 18.9 Å². The lowest BCUT2D eigenvalue weighted by atomic mass is 10.2. The number of carbonyl (C=O) groups is 2. The number of esters is 1. The Morgan fingerprint density at radius 3 is 2.29 bits per heavy atom. The van der Waals surface area contributed by atoms with Gasteiger partial charge in [0.1, 0.15) is 0 Å². The lowest BCUT2D eigenvalue weighted by Crippen LogP contribution is -2.49. The third-order valence-electron chi connectivity index (χ3n) is 5.09. The van der Waals surface area contributed by atoms with Crippen LogP contribution in [0.2, 0.25) is 0 Å². The van der Waals surface area contributed by atoms with Gasteiger partial charge in [0.25, 0.3) is 5.91 Å². The summed E-state index contributed by atoms with van der Waals surface area (Å²) in [6, 6.07) is 19.6. The fraction of sp³-hybridized carbons (Fsp3) is 0.318. The van der Waals surface area contributed by atoms with Crippen LogP contribution in [0.15, 0.2) is 60.7 Å². The lowest BCUT2D eigenvalue weighted by Gasteiger charge is -2.34. The molecule has 1 aliphatic heterocycles. The highest BCUT2D eigenvalue weighted by molar-refractivity contribution is 5.80. The Bertz CT molecular complexity index is 1000. The van der Waals surface area contributed by atoms with Crippen molar-refractivity contribution in [1.82, 2.24) is 30.0 Å². The first-order valence-electron chi connectivity index (χ1n) is 10.2. The van der Waals surface area contributed by atoms with Gasteiger partial charge in [-0.05, 0) is 10.8 Å². The predicted octanol–water partition coefficient (Wildman–Crippen LogP) is 1.23. The number of ether oxygens (including phenoxy) is 1. The van der Waals surface area contributed by atoms with Crippen molar-refractivity contribution in [3.8, 4) is 11.4 Å². The maximum absolute atomic E-state index is 12.4. The van der Waals surface area contributed by atoms with Crippen molar-refractivity contribution in [3.63, 3.8) is 0 Å². The van der Waals surface area contributed by atoms with Crippen LogP contribution in [0.4, 0.5) is 0 Å². The average molecular weight is 420 g/mol. The van der Waals surface area contributed by atoms with Crippen LogP contribution < -0.4 is 0 Å². The Morgan fingerprint density at radius 2 is 1.58 bits per heavy atom. The third-order valence-corrected chi connectivity index (χ3v) is 5.09. The molecule has 0 aliphatic carbocycles. The molecule has 0 spiro atoms. The first-order valence-corrected chi connectivity index (χ1v) is 10.2. The minimum Gasteiger partial charge on any atom is -0.454 e. The van der Waals surface area contributed by atoms with Crippen molar-refractivity contribution in [2.24, 2.45) is 0 Å². The van der Waals surface area contributed by atoms with Crippen LogP contribution in [0, 0.1) is 0 Å². The van der Waals surface area contributed by atoms with Crippen molar-refractivity contribution in [2.75, 3.05) is 32.8 Å². The van der Waals surface area contributed by atoms with E-state index in [1.807, 2.05) is 48.5 Å². The molecule has 1 fully saturated rings. The number of amides is 1. The smallest absolute Gasteiger partial charge is 0.330 e. The van der Waals surface area contributed by atoms with Gasteiger partial charge >= 0.3 is 5.97 Å². The van der Waals surface area contributed by atoms with Gasteiger partial charge in [-0.2, -0.15) is 4.80 Å². The Hall–Kier alpha value is -3.59. The van der Waals surface area contributed by atoms with E-state index in [9.17, 15) is 9.59 Å². The molecule has 1 amide bonds. The summed E-state index contributed by atoms with van der Waals surface area (Å²) in [7, 11) is 0. The second-order valence-corrected chi connectivity index (χ2v) is 7.31. The molecule has 0 radical (unpaired) electrons. The summed E-state index contributed by atoms with van der Waals surface area (Å²) in [5.74, 6) is -0.338. The molecule has 3 aromatic rings. The molecule has 9 heteroatoms. The minimum absolute atomic E-state index is 0.191. The zero-order chi connectivity index (χ0) is 21.5. The summed E-state index contributed by atoms with van der Waals surface area (Å²) in [6.45, 7) is 3.21. The van der Waals surface area contributed by atoms with E-state index in [-0.39, 0.29) is 19.1 Å². The fourth-order valence-electron chi connectivity index (χ4n) is 3.40. The van der Waals surface area contributed by atoms with Crippen molar-refractivity contribution in [1.29, 1.82) is 0 Å². The van der Waals surface area contributed by atoms with Gasteiger partial charge in [-0.1, -0.05) is 60.7 Å². The van der Waals surface area contributed by atoms with Crippen molar-refractivity contribution >= 4 is 11.9 Å². The molecule has 0 N–H and O–H groups in total. The molecular formula is C22H24N6O3. The van der Waals surface area contributed by atoms with Gasteiger partial charge < -0.3 is 9.64 Å². The molecule has 1 aromatic heterocycles. The number of tetrazole rings is 1. The van der Waals surface area contributed by atoms with Gasteiger partial charge in [0.15, 0.2) is 13.2 Å². The highest BCUT2D eigenvalue weighted by Gasteiger charge is 2.22. The molecule has 4 rings (SSSR count). The van der Waals surface area contributed by atoms with Gasteiger partial charge in [0, 0.05) is 38.3 Å². The van der Waals surface area contributed by atoms with Gasteiger partial charge in [-0.15, -0.1) is 10.2 Å². The van der Waals surface area contributed by atoms with E-state index in [4.69, 9.17) is 4.74 Å². The largest absolute Gasteiger partial charge is 0.454 e. The zero-order valence-electron chi connectivity index (χ0n) is 17.1. The highest BCUT2D eigenvalue weighted by atomic mass is 16.5. The Morgan fingerprint density at radius 1 is 0.903 bits per heavy atom. The van der Waals surface area contributed by atoms with Crippen LogP contribution in [0.3, 0.4) is 0 Å². The van der Waals surface area contributed by atoms with E-state index in [0.717, 1.165) is 30.0 Å². The Kier molecular flexibility index (Phi) is 6.63.